The lowest BCUT2D eigenvalue weighted by atomic mass is 9.85. The number of allylic oxidation sites excluding steroid dienone is 2. The van der Waals surface area contributed by atoms with Crippen molar-refractivity contribution in [1.82, 2.24) is 9.80 Å². The molecule has 5 nitrogen and oxygen atoms in total. The second-order valence-electron chi connectivity index (χ2n) is 8.70. The first kappa shape index (κ1) is 21.1. The molecule has 5 atom stereocenters. The quantitative estimate of drug-likeness (QED) is 0.460. The second-order valence-corrected chi connectivity index (χ2v) is 9.14. The van der Waals surface area contributed by atoms with E-state index >= 15 is 0 Å². The molecular weight excluding hydrogens is 400 g/mol. The summed E-state index contributed by atoms with van der Waals surface area (Å²) in [5.74, 6) is -0.530. The van der Waals surface area contributed by atoms with Gasteiger partial charge in [0, 0.05) is 18.1 Å². The van der Waals surface area contributed by atoms with Crippen molar-refractivity contribution in [3.8, 4) is 0 Å². The van der Waals surface area contributed by atoms with Crippen molar-refractivity contribution in [3.63, 3.8) is 0 Å². The highest BCUT2D eigenvalue weighted by Crippen LogP contribution is 2.54. The molecule has 0 radical (unpaired) electrons. The van der Waals surface area contributed by atoms with Gasteiger partial charge in [-0.1, -0.05) is 49.7 Å². The van der Waals surface area contributed by atoms with Crippen LogP contribution in [0.1, 0.15) is 51.1 Å². The smallest absolute Gasteiger partial charge is 0.234 e. The van der Waals surface area contributed by atoms with E-state index in [1.807, 2.05) is 30.9 Å². The molecule has 4 rings (SSSR count). The maximum Gasteiger partial charge on any atom is 0.234 e. The molecule has 2 aliphatic carbocycles. The maximum atomic E-state index is 13.4. The predicted octanol–water partition coefficient (Wildman–Crippen LogP) is 4.23. The zero-order valence-corrected chi connectivity index (χ0v) is 18.3. The number of nitrogens with zero attached hydrogens (tertiary/aromatic N) is 2. The van der Waals surface area contributed by atoms with Gasteiger partial charge in [0.2, 0.25) is 17.7 Å². The normalized spacial score (nSPS) is 27.6. The van der Waals surface area contributed by atoms with Gasteiger partial charge in [0.05, 0.1) is 24.3 Å². The summed E-state index contributed by atoms with van der Waals surface area (Å²) in [7, 11) is 0. The SMILES string of the molecule is CCCN(CCC)C(=O)CC(c1cccc(Cl)c1)N1C(=O)C2C3C=CC(C3)C2C1=O. The molecule has 1 saturated heterocycles. The van der Waals surface area contributed by atoms with E-state index in [-0.39, 0.29) is 47.8 Å². The third kappa shape index (κ3) is 3.58. The topological polar surface area (TPSA) is 57.7 Å². The zero-order valence-electron chi connectivity index (χ0n) is 17.6. The Kier molecular flexibility index (Phi) is 6.01. The molecule has 1 aliphatic heterocycles. The van der Waals surface area contributed by atoms with E-state index in [1.54, 1.807) is 12.1 Å². The summed E-state index contributed by atoms with van der Waals surface area (Å²) in [4.78, 5) is 43.2. The van der Waals surface area contributed by atoms with Crippen LogP contribution in [0.4, 0.5) is 0 Å². The Morgan fingerprint density at radius 2 is 1.70 bits per heavy atom. The van der Waals surface area contributed by atoms with Crippen LogP contribution < -0.4 is 0 Å². The van der Waals surface area contributed by atoms with Gasteiger partial charge in [0.25, 0.3) is 0 Å². The van der Waals surface area contributed by atoms with E-state index in [2.05, 4.69) is 12.2 Å². The Balaban J connectivity index is 1.65. The van der Waals surface area contributed by atoms with Crippen molar-refractivity contribution in [2.75, 3.05) is 13.1 Å². The number of likely N-dealkylation sites (tertiary alicyclic amines) is 1. The van der Waals surface area contributed by atoms with Gasteiger partial charge in [-0.3, -0.25) is 19.3 Å². The predicted molar refractivity (Wildman–Crippen MR) is 116 cm³/mol. The van der Waals surface area contributed by atoms with Crippen molar-refractivity contribution in [3.05, 3.63) is 47.0 Å². The van der Waals surface area contributed by atoms with Gasteiger partial charge in [-0.25, -0.2) is 0 Å². The molecule has 30 heavy (non-hydrogen) atoms. The molecular formula is C24H29ClN2O3. The van der Waals surface area contributed by atoms with Gasteiger partial charge in [-0.15, -0.1) is 0 Å². The third-order valence-corrected chi connectivity index (χ3v) is 6.99. The molecule has 0 aromatic heterocycles. The van der Waals surface area contributed by atoms with Gasteiger partial charge in [0.1, 0.15) is 0 Å². The van der Waals surface area contributed by atoms with Crippen LogP contribution >= 0.6 is 11.6 Å². The van der Waals surface area contributed by atoms with Gasteiger partial charge >= 0.3 is 0 Å². The number of rotatable bonds is 8. The molecule has 6 heteroatoms. The van der Waals surface area contributed by atoms with Crippen LogP contribution in [0.2, 0.25) is 5.02 Å². The first-order valence-corrected chi connectivity index (χ1v) is 11.4. The van der Waals surface area contributed by atoms with Crippen molar-refractivity contribution in [2.45, 2.75) is 45.6 Å². The number of carbonyl (C=O) groups is 3. The minimum atomic E-state index is -0.614. The summed E-state index contributed by atoms with van der Waals surface area (Å²) < 4.78 is 0. The van der Waals surface area contributed by atoms with Gasteiger partial charge in [-0.2, -0.15) is 0 Å². The summed E-state index contributed by atoms with van der Waals surface area (Å²) in [5.41, 5.74) is 0.741. The molecule has 5 unspecified atom stereocenters. The molecule has 3 amide bonds. The molecule has 1 aromatic rings. The number of halogens is 1. The van der Waals surface area contributed by atoms with Crippen LogP contribution in [0.5, 0.6) is 0 Å². The third-order valence-electron chi connectivity index (χ3n) is 6.76. The lowest BCUT2D eigenvalue weighted by Crippen LogP contribution is -2.41. The van der Waals surface area contributed by atoms with E-state index in [0.717, 1.165) is 24.8 Å². The molecule has 1 heterocycles. The van der Waals surface area contributed by atoms with Crippen LogP contribution in [0.15, 0.2) is 36.4 Å². The molecule has 160 valence electrons. The van der Waals surface area contributed by atoms with Crippen molar-refractivity contribution < 1.29 is 14.4 Å². The van der Waals surface area contributed by atoms with E-state index in [4.69, 9.17) is 11.6 Å². The molecule has 3 aliphatic rings. The summed E-state index contributed by atoms with van der Waals surface area (Å²) in [6, 6.07) is 6.58. The first-order chi connectivity index (χ1) is 14.5. The van der Waals surface area contributed by atoms with Gasteiger partial charge in [-0.05, 0) is 48.8 Å². The monoisotopic (exact) mass is 428 g/mol. The average Bonchev–Trinajstić information content (AvgIpc) is 3.40. The molecule has 0 N–H and O–H groups in total. The van der Waals surface area contributed by atoms with Gasteiger partial charge < -0.3 is 4.90 Å². The van der Waals surface area contributed by atoms with Crippen molar-refractivity contribution in [2.24, 2.45) is 23.7 Å². The Morgan fingerprint density at radius 3 is 2.23 bits per heavy atom. The number of carbonyl (C=O) groups excluding carboxylic acids is 3. The Labute approximate surface area is 183 Å². The van der Waals surface area contributed by atoms with Crippen molar-refractivity contribution in [1.29, 1.82) is 0 Å². The van der Waals surface area contributed by atoms with Crippen LogP contribution in [0.3, 0.4) is 0 Å². The highest BCUT2D eigenvalue weighted by Gasteiger charge is 2.60. The van der Waals surface area contributed by atoms with E-state index in [1.165, 1.54) is 4.90 Å². The number of fused-ring (bicyclic) bond motifs is 5. The Bertz CT molecular complexity index is 847. The van der Waals surface area contributed by atoms with Crippen LogP contribution in [0, 0.1) is 23.7 Å². The summed E-state index contributed by atoms with van der Waals surface area (Å²) in [6.07, 6.45) is 6.90. The minimum Gasteiger partial charge on any atom is -0.343 e. The lowest BCUT2D eigenvalue weighted by molar-refractivity contribution is -0.145. The molecule has 2 fully saturated rings. The maximum absolute atomic E-state index is 13.4. The molecule has 2 bridgehead atoms. The van der Waals surface area contributed by atoms with Gasteiger partial charge in [0.15, 0.2) is 0 Å². The standard InChI is InChI=1S/C24H29ClN2O3/c1-3-10-26(11-4-2)20(28)14-19(15-6-5-7-18(25)13-15)27-23(29)21-16-8-9-17(12-16)22(21)24(27)30/h5-9,13,16-17,19,21-22H,3-4,10-12,14H2,1-2H3. The largest absolute Gasteiger partial charge is 0.343 e. The molecule has 1 saturated carbocycles. The Hall–Kier alpha value is -2.14. The number of imide groups is 1. The first-order valence-electron chi connectivity index (χ1n) is 11.0. The fourth-order valence-corrected chi connectivity index (χ4v) is 5.70. The number of hydrogen-bond donors (Lipinski definition) is 0. The Morgan fingerprint density at radius 1 is 1.10 bits per heavy atom. The minimum absolute atomic E-state index is 0.0255. The number of benzene rings is 1. The highest BCUT2D eigenvalue weighted by atomic mass is 35.5. The van der Waals surface area contributed by atoms with Crippen LogP contribution in [-0.4, -0.2) is 40.6 Å². The lowest BCUT2D eigenvalue weighted by Gasteiger charge is -2.30. The van der Waals surface area contributed by atoms with Crippen LogP contribution in [-0.2, 0) is 14.4 Å². The van der Waals surface area contributed by atoms with E-state index in [9.17, 15) is 14.4 Å². The number of amides is 3. The van der Waals surface area contributed by atoms with Crippen LogP contribution in [0.25, 0.3) is 0 Å². The summed E-state index contributed by atoms with van der Waals surface area (Å²) in [6.45, 7) is 5.44. The fourth-order valence-electron chi connectivity index (χ4n) is 5.50. The summed E-state index contributed by atoms with van der Waals surface area (Å²) in [5, 5.41) is 0.532. The molecule has 1 aromatic carbocycles. The van der Waals surface area contributed by atoms with E-state index < -0.39 is 6.04 Å². The van der Waals surface area contributed by atoms with Crippen molar-refractivity contribution >= 4 is 29.3 Å². The number of hydrogen-bond acceptors (Lipinski definition) is 3. The second kappa shape index (κ2) is 8.54. The molecule has 0 spiro atoms. The fraction of sp³-hybridized carbons (Fsp3) is 0.542. The zero-order chi connectivity index (χ0) is 21.4. The average molecular weight is 429 g/mol. The van der Waals surface area contributed by atoms with E-state index in [0.29, 0.717) is 18.1 Å². The highest BCUT2D eigenvalue weighted by molar-refractivity contribution is 6.30. The summed E-state index contributed by atoms with van der Waals surface area (Å²) >= 11 is 6.23.